The van der Waals surface area contributed by atoms with Crippen molar-refractivity contribution < 1.29 is 4.74 Å². The van der Waals surface area contributed by atoms with Crippen LogP contribution >= 0.6 is 0 Å². The zero-order valence-corrected chi connectivity index (χ0v) is 12.4. The summed E-state index contributed by atoms with van der Waals surface area (Å²) in [6, 6.07) is 15.7. The average Bonchev–Trinajstić information content (AvgIpc) is 2.55. The maximum atomic E-state index is 5.73. The van der Waals surface area contributed by atoms with E-state index in [1.807, 2.05) is 61.7 Å². The number of hydrogen-bond donors (Lipinski definition) is 1. The van der Waals surface area contributed by atoms with Gasteiger partial charge in [0.2, 0.25) is 5.88 Å². The van der Waals surface area contributed by atoms with E-state index >= 15 is 0 Å². The zero-order valence-electron chi connectivity index (χ0n) is 12.4. The molecule has 4 nitrogen and oxygen atoms in total. The Bertz CT molecular complexity index is 727. The lowest BCUT2D eigenvalue weighted by molar-refractivity contribution is 0.463. The SMILES string of the molecule is Cc1cccc(Oc2ccc(NCc3cccnc3)cn2)c1. The van der Waals surface area contributed by atoms with Crippen LogP contribution in [0.4, 0.5) is 5.69 Å². The monoisotopic (exact) mass is 291 g/mol. The first kappa shape index (κ1) is 14.1. The molecule has 0 fully saturated rings. The number of pyridine rings is 2. The minimum atomic E-state index is 0.581. The normalized spacial score (nSPS) is 10.2. The van der Waals surface area contributed by atoms with E-state index in [0.29, 0.717) is 12.4 Å². The fraction of sp³-hybridized carbons (Fsp3) is 0.111. The molecule has 2 heterocycles. The molecule has 0 bridgehead atoms. The highest BCUT2D eigenvalue weighted by molar-refractivity contribution is 5.43. The van der Waals surface area contributed by atoms with Gasteiger partial charge in [0.1, 0.15) is 5.75 Å². The van der Waals surface area contributed by atoms with Crippen molar-refractivity contribution in [3.05, 3.63) is 78.2 Å². The summed E-state index contributed by atoms with van der Waals surface area (Å²) in [5, 5.41) is 3.30. The highest BCUT2D eigenvalue weighted by Crippen LogP contribution is 2.21. The maximum absolute atomic E-state index is 5.73. The highest BCUT2D eigenvalue weighted by Gasteiger charge is 2.00. The van der Waals surface area contributed by atoms with Crippen LogP contribution in [0.1, 0.15) is 11.1 Å². The van der Waals surface area contributed by atoms with Crippen molar-refractivity contribution in [1.82, 2.24) is 9.97 Å². The van der Waals surface area contributed by atoms with Gasteiger partial charge in [-0.25, -0.2) is 4.98 Å². The third-order valence-corrected chi connectivity index (χ3v) is 3.17. The zero-order chi connectivity index (χ0) is 15.2. The Morgan fingerprint density at radius 3 is 2.73 bits per heavy atom. The average molecular weight is 291 g/mol. The Labute approximate surface area is 129 Å². The Hall–Kier alpha value is -2.88. The fourth-order valence-electron chi connectivity index (χ4n) is 2.05. The molecule has 0 radical (unpaired) electrons. The van der Waals surface area contributed by atoms with E-state index in [1.165, 1.54) is 0 Å². The van der Waals surface area contributed by atoms with Crippen molar-refractivity contribution in [2.24, 2.45) is 0 Å². The second-order valence-corrected chi connectivity index (χ2v) is 5.02. The van der Waals surface area contributed by atoms with Crippen molar-refractivity contribution >= 4 is 5.69 Å². The number of nitrogens with one attached hydrogen (secondary N) is 1. The van der Waals surface area contributed by atoms with Crippen LogP contribution in [0.25, 0.3) is 0 Å². The summed E-state index contributed by atoms with van der Waals surface area (Å²) in [6.07, 6.45) is 5.37. The van der Waals surface area contributed by atoms with Crippen LogP contribution in [0.2, 0.25) is 0 Å². The Kier molecular flexibility index (Phi) is 4.30. The summed E-state index contributed by atoms with van der Waals surface area (Å²) in [5.74, 6) is 1.38. The van der Waals surface area contributed by atoms with E-state index < -0.39 is 0 Å². The fourth-order valence-corrected chi connectivity index (χ4v) is 2.05. The lowest BCUT2D eigenvalue weighted by atomic mass is 10.2. The number of nitrogens with zero attached hydrogens (tertiary/aromatic N) is 2. The predicted octanol–water partition coefficient (Wildman–Crippen LogP) is 4.19. The quantitative estimate of drug-likeness (QED) is 0.765. The third kappa shape index (κ3) is 3.82. The molecular weight excluding hydrogens is 274 g/mol. The minimum Gasteiger partial charge on any atom is -0.439 e. The van der Waals surface area contributed by atoms with Gasteiger partial charge in [-0.2, -0.15) is 0 Å². The standard InChI is InChI=1S/C18H17N3O/c1-14-4-2-6-17(10-14)22-18-8-7-16(13-21-18)20-12-15-5-3-9-19-11-15/h2-11,13,20H,12H2,1H3. The Morgan fingerprint density at radius 1 is 1.05 bits per heavy atom. The Morgan fingerprint density at radius 2 is 2.00 bits per heavy atom. The molecule has 3 aromatic rings. The van der Waals surface area contributed by atoms with Crippen molar-refractivity contribution in [3.63, 3.8) is 0 Å². The van der Waals surface area contributed by atoms with Gasteiger partial charge < -0.3 is 10.1 Å². The van der Waals surface area contributed by atoms with Crippen LogP contribution in [0.3, 0.4) is 0 Å². The van der Waals surface area contributed by atoms with E-state index in [2.05, 4.69) is 15.3 Å². The molecule has 3 rings (SSSR count). The second-order valence-electron chi connectivity index (χ2n) is 5.02. The first-order valence-electron chi connectivity index (χ1n) is 7.13. The first-order chi connectivity index (χ1) is 10.8. The van der Waals surface area contributed by atoms with E-state index in [-0.39, 0.29) is 0 Å². The molecule has 0 saturated carbocycles. The molecule has 0 aliphatic heterocycles. The van der Waals surface area contributed by atoms with Crippen molar-refractivity contribution in [2.75, 3.05) is 5.32 Å². The van der Waals surface area contributed by atoms with Crippen LogP contribution in [-0.4, -0.2) is 9.97 Å². The van der Waals surface area contributed by atoms with Crippen LogP contribution in [0, 0.1) is 6.92 Å². The largest absolute Gasteiger partial charge is 0.439 e. The lowest BCUT2D eigenvalue weighted by Gasteiger charge is -2.08. The number of anilines is 1. The van der Waals surface area contributed by atoms with Gasteiger partial charge in [-0.05, 0) is 42.3 Å². The van der Waals surface area contributed by atoms with Gasteiger partial charge in [-0.15, -0.1) is 0 Å². The van der Waals surface area contributed by atoms with Crippen LogP contribution < -0.4 is 10.1 Å². The molecule has 1 aromatic carbocycles. The van der Waals surface area contributed by atoms with E-state index in [9.17, 15) is 0 Å². The summed E-state index contributed by atoms with van der Waals surface area (Å²) in [6.45, 7) is 2.75. The Balaban J connectivity index is 1.60. The van der Waals surface area contributed by atoms with Gasteiger partial charge >= 0.3 is 0 Å². The molecule has 2 aromatic heterocycles. The molecule has 22 heavy (non-hydrogen) atoms. The molecule has 0 amide bonds. The van der Waals surface area contributed by atoms with Gasteiger partial charge in [0.05, 0.1) is 11.9 Å². The number of aryl methyl sites for hydroxylation is 1. The van der Waals surface area contributed by atoms with Crippen LogP contribution in [-0.2, 0) is 6.54 Å². The molecule has 110 valence electrons. The van der Waals surface area contributed by atoms with E-state index in [0.717, 1.165) is 22.6 Å². The van der Waals surface area contributed by atoms with Gasteiger partial charge in [-0.1, -0.05) is 18.2 Å². The maximum Gasteiger partial charge on any atom is 0.219 e. The molecular formula is C18H17N3O. The minimum absolute atomic E-state index is 0.581. The van der Waals surface area contributed by atoms with Crippen molar-refractivity contribution in [1.29, 1.82) is 0 Å². The van der Waals surface area contributed by atoms with Crippen molar-refractivity contribution in [2.45, 2.75) is 13.5 Å². The topological polar surface area (TPSA) is 47.0 Å². The van der Waals surface area contributed by atoms with Gasteiger partial charge in [-0.3, -0.25) is 4.98 Å². The van der Waals surface area contributed by atoms with Gasteiger partial charge in [0, 0.05) is 25.0 Å². The molecule has 0 saturated heterocycles. The summed E-state index contributed by atoms with van der Waals surface area (Å²) >= 11 is 0. The number of aromatic nitrogens is 2. The molecule has 1 N–H and O–H groups in total. The summed E-state index contributed by atoms with van der Waals surface area (Å²) < 4.78 is 5.73. The molecule has 0 unspecified atom stereocenters. The molecule has 4 heteroatoms. The molecule has 0 aliphatic rings. The molecule has 0 spiro atoms. The lowest BCUT2D eigenvalue weighted by Crippen LogP contribution is -2.00. The van der Waals surface area contributed by atoms with E-state index in [1.54, 1.807) is 12.4 Å². The van der Waals surface area contributed by atoms with Crippen LogP contribution in [0.5, 0.6) is 11.6 Å². The second kappa shape index (κ2) is 6.72. The number of rotatable bonds is 5. The van der Waals surface area contributed by atoms with Gasteiger partial charge in [0.25, 0.3) is 0 Å². The molecule has 0 aliphatic carbocycles. The highest BCUT2D eigenvalue weighted by atomic mass is 16.5. The third-order valence-electron chi connectivity index (χ3n) is 3.17. The number of ether oxygens (including phenoxy) is 1. The van der Waals surface area contributed by atoms with Crippen molar-refractivity contribution in [3.8, 4) is 11.6 Å². The number of hydrogen-bond acceptors (Lipinski definition) is 4. The number of benzene rings is 1. The summed E-state index contributed by atoms with van der Waals surface area (Å²) in [7, 11) is 0. The van der Waals surface area contributed by atoms with E-state index in [4.69, 9.17) is 4.74 Å². The van der Waals surface area contributed by atoms with Gasteiger partial charge in [0.15, 0.2) is 0 Å². The molecule has 0 atom stereocenters. The summed E-state index contributed by atoms with van der Waals surface area (Å²) in [5.41, 5.74) is 3.23. The first-order valence-corrected chi connectivity index (χ1v) is 7.13. The predicted molar refractivity (Wildman–Crippen MR) is 87.1 cm³/mol. The summed E-state index contributed by atoms with van der Waals surface area (Å²) in [4.78, 5) is 8.40. The smallest absolute Gasteiger partial charge is 0.219 e. The van der Waals surface area contributed by atoms with Crippen LogP contribution in [0.15, 0.2) is 67.1 Å².